The van der Waals surface area contributed by atoms with E-state index in [9.17, 15) is 5.11 Å². The molecule has 0 saturated carbocycles. The number of furan rings is 1. The molecule has 1 aromatic heterocycles. The molecule has 1 aliphatic rings. The third kappa shape index (κ3) is 1.91. The van der Waals surface area contributed by atoms with Gasteiger partial charge in [0, 0.05) is 19.2 Å². The van der Waals surface area contributed by atoms with Crippen molar-refractivity contribution in [2.75, 3.05) is 18.0 Å². The first kappa shape index (κ1) is 9.55. The zero-order valence-electron chi connectivity index (χ0n) is 8.15. The average Bonchev–Trinajstić information content (AvgIpc) is 2.67. The maximum atomic E-state index is 9.35. The number of nitrogens with zero attached hydrogens (tertiary/aromatic N) is 1. The molecule has 4 heteroatoms. The molecule has 2 rings (SSSR count). The number of hydrogen-bond acceptors (Lipinski definition) is 4. The van der Waals surface area contributed by atoms with Crippen molar-refractivity contribution in [3.63, 3.8) is 0 Å². The quantitative estimate of drug-likeness (QED) is 0.731. The minimum atomic E-state index is -0.143. The van der Waals surface area contributed by atoms with E-state index < -0.39 is 0 Å². The summed E-state index contributed by atoms with van der Waals surface area (Å²) < 4.78 is 5.53. The molecule has 0 bridgehead atoms. The van der Waals surface area contributed by atoms with Crippen LogP contribution in [0.15, 0.2) is 16.5 Å². The van der Waals surface area contributed by atoms with Crippen molar-refractivity contribution < 1.29 is 9.52 Å². The summed E-state index contributed by atoms with van der Waals surface area (Å²) in [7, 11) is 0. The number of piperidine rings is 1. The molecule has 0 atom stereocenters. The van der Waals surface area contributed by atoms with Gasteiger partial charge < -0.3 is 20.2 Å². The predicted molar refractivity (Wildman–Crippen MR) is 54.1 cm³/mol. The molecule has 78 valence electrons. The van der Waals surface area contributed by atoms with E-state index in [-0.39, 0.29) is 6.10 Å². The average molecular weight is 196 g/mol. The Morgan fingerprint density at radius 3 is 2.71 bits per heavy atom. The summed E-state index contributed by atoms with van der Waals surface area (Å²) in [6, 6.07) is 3.85. The molecule has 0 unspecified atom stereocenters. The van der Waals surface area contributed by atoms with Crippen molar-refractivity contribution in [1.82, 2.24) is 0 Å². The van der Waals surface area contributed by atoms with Gasteiger partial charge in [-0.3, -0.25) is 0 Å². The highest BCUT2D eigenvalue weighted by Crippen LogP contribution is 2.22. The van der Waals surface area contributed by atoms with Crippen LogP contribution in [-0.2, 0) is 6.54 Å². The fourth-order valence-electron chi connectivity index (χ4n) is 1.73. The van der Waals surface area contributed by atoms with Gasteiger partial charge in [0.05, 0.1) is 12.6 Å². The van der Waals surface area contributed by atoms with Gasteiger partial charge >= 0.3 is 0 Å². The zero-order valence-corrected chi connectivity index (χ0v) is 8.15. The molecule has 14 heavy (non-hydrogen) atoms. The summed E-state index contributed by atoms with van der Waals surface area (Å²) >= 11 is 0. The second kappa shape index (κ2) is 4.02. The molecule has 0 spiro atoms. The summed E-state index contributed by atoms with van der Waals surface area (Å²) in [5.41, 5.74) is 5.46. The van der Waals surface area contributed by atoms with Crippen molar-refractivity contribution in [1.29, 1.82) is 0 Å². The van der Waals surface area contributed by atoms with Crippen LogP contribution in [0.1, 0.15) is 18.6 Å². The van der Waals surface area contributed by atoms with Crippen LogP contribution in [0, 0.1) is 0 Å². The van der Waals surface area contributed by atoms with Gasteiger partial charge in [0.15, 0.2) is 5.88 Å². The molecule has 0 aliphatic carbocycles. The minimum Gasteiger partial charge on any atom is -0.444 e. The Labute approximate surface area is 83.3 Å². The Morgan fingerprint density at radius 2 is 2.14 bits per heavy atom. The van der Waals surface area contributed by atoms with Crippen LogP contribution in [0.3, 0.4) is 0 Å². The zero-order chi connectivity index (χ0) is 9.97. The van der Waals surface area contributed by atoms with E-state index in [4.69, 9.17) is 10.2 Å². The normalized spacial score (nSPS) is 18.9. The Morgan fingerprint density at radius 1 is 1.43 bits per heavy atom. The van der Waals surface area contributed by atoms with Crippen LogP contribution >= 0.6 is 0 Å². The molecular formula is C10H16N2O2. The van der Waals surface area contributed by atoms with Gasteiger partial charge in [-0.05, 0) is 18.9 Å². The van der Waals surface area contributed by atoms with Crippen molar-refractivity contribution >= 4 is 5.88 Å². The number of aliphatic hydroxyl groups excluding tert-OH is 1. The highest BCUT2D eigenvalue weighted by Gasteiger charge is 2.19. The standard InChI is InChI=1S/C10H16N2O2/c11-7-9-1-2-10(14-9)12-5-3-8(13)4-6-12/h1-2,8,13H,3-7,11H2. The molecule has 1 aliphatic heterocycles. The second-order valence-corrected chi connectivity index (χ2v) is 3.66. The van der Waals surface area contributed by atoms with Crippen LogP contribution < -0.4 is 10.6 Å². The summed E-state index contributed by atoms with van der Waals surface area (Å²) in [5.74, 6) is 1.68. The third-order valence-electron chi connectivity index (χ3n) is 2.62. The second-order valence-electron chi connectivity index (χ2n) is 3.66. The third-order valence-corrected chi connectivity index (χ3v) is 2.62. The van der Waals surface area contributed by atoms with E-state index >= 15 is 0 Å². The van der Waals surface area contributed by atoms with Gasteiger partial charge in [0.25, 0.3) is 0 Å². The van der Waals surface area contributed by atoms with Crippen LogP contribution in [0.4, 0.5) is 5.88 Å². The van der Waals surface area contributed by atoms with E-state index in [0.717, 1.165) is 37.6 Å². The molecule has 0 aromatic carbocycles. The summed E-state index contributed by atoms with van der Waals surface area (Å²) in [6.45, 7) is 2.16. The monoisotopic (exact) mass is 196 g/mol. The molecule has 1 fully saturated rings. The maximum absolute atomic E-state index is 9.35. The number of nitrogens with two attached hydrogens (primary N) is 1. The van der Waals surface area contributed by atoms with E-state index in [1.165, 1.54) is 0 Å². The van der Waals surface area contributed by atoms with Gasteiger partial charge in [0.1, 0.15) is 5.76 Å². The lowest BCUT2D eigenvalue weighted by Crippen LogP contribution is -2.35. The van der Waals surface area contributed by atoms with Gasteiger partial charge in [-0.15, -0.1) is 0 Å². The number of aliphatic hydroxyl groups is 1. The predicted octanol–water partition coefficient (Wildman–Crippen LogP) is 0.699. The molecule has 4 nitrogen and oxygen atoms in total. The largest absolute Gasteiger partial charge is 0.444 e. The first-order valence-corrected chi connectivity index (χ1v) is 5.01. The van der Waals surface area contributed by atoms with E-state index in [2.05, 4.69) is 4.90 Å². The lowest BCUT2D eigenvalue weighted by molar-refractivity contribution is 0.144. The summed E-state index contributed by atoms with van der Waals surface area (Å²) in [5, 5.41) is 9.35. The smallest absolute Gasteiger partial charge is 0.195 e. The summed E-state index contributed by atoms with van der Waals surface area (Å²) in [6.07, 6.45) is 1.49. The fraction of sp³-hybridized carbons (Fsp3) is 0.600. The maximum Gasteiger partial charge on any atom is 0.195 e. The highest BCUT2D eigenvalue weighted by molar-refractivity contribution is 5.36. The first-order chi connectivity index (χ1) is 6.79. The summed E-state index contributed by atoms with van der Waals surface area (Å²) in [4.78, 5) is 2.14. The minimum absolute atomic E-state index is 0.143. The van der Waals surface area contributed by atoms with Crippen LogP contribution in [0.2, 0.25) is 0 Å². The lowest BCUT2D eigenvalue weighted by atomic mass is 10.1. The topological polar surface area (TPSA) is 62.6 Å². The molecule has 0 radical (unpaired) electrons. The van der Waals surface area contributed by atoms with E-state index in [1.807, 2.05) is 12.1 Å². The van der Waals surface area contributed by atoms with Crippen molar-refractivity contribution in [2.24, 2.45) is 5.73 Å². The van der Waals surface area contributed by atoms with Gasteiger partial charge in [-0.2, -0.15) is 0 Å². The van der Waals surface area contributed by atoms with Crippen LogP contribution in [0.5, 0.6) is 0 Å². The first-order valence-electron chi connectivity index (χ1n) is 5.01. The fourth-order valence-corrected chi connectivity index (χ4v) is 1.73. The highest BCUT2D eigenvalue weighted by atomic mass is 16.4. The SMILES string of the molecule is NCc1ccc(N2CCC(O)CC2)o1. The van der Waals surface area contributed by atoms with Crippen molar-refractivity contribution in [3.05, 3.63) is 17.9 Å². The molecule has 2 heterocycles. The number of hydrogen-bond donors (Lipinski definition) is 2. The molecule has 0 amide bonds. The molecular weight excluding hydrogens is 180 g/mol. The molecule has 1 saturated heterocycles. The Balaban J connectivity index is 2.01. The van der Waals surface area contributed by atoms with Gasteiger partial charge in [-0.1, -0.05) is 0 Å². The number of anilines is 1. The van der Waals surface area contributed by atoms with E-state index in [0.29, 0.717) is 6.54 Å². The van der Waals surface area contributed by atoms with Crippen LogP contribution in [0.25, 0.3) is 0 Å². The Bertz CT molecular complexity index is 290. The Hall–Kier alpha value is -1.00. The van der Waals surface area contributed by atoms with Crippen molar-refractivity contribution in [3.8, 4) is 0 Å². The van der Waals surface area contributed by atoms with Crippen LogP contribution in [-0.4, -0.2) is 24.3 Å². The lowest BCUT2D eigenvalue weighted by Gasteiger charge is -2.29. The molecule has 1 aromatic rings. The number of rotatable bonds is 2. The Kier molecular flexibility index (Phi) is 2.74. The van der Waals surface area contributed by atoms with Gasteiger partial charge in [-0.25, -0.2) is 0 Å². The van der Waals surface area contributed by atoms with Crippen molar-refractivity contribution in [2.45, 2.75) is 25.5 Å². The molecule has 3 N–H and O–H groups in total. The van der Waals surface area contributed by atoms with E-state index in [1.54, 1.807) is 0 Å². The van der Waals surface area contributed by atoms with Gasteiger partial charge in [0.2, 0.25) is 0 Å².